The lowest BCUT2D eigenvalue weighted by molar-refractivity contribution is 0.130. The van der Waals surface area contributed by atoms with Crippen LogP contribution in [0.4, 0.5) is 5.69 Å². The standard InChI is InChI=1S/C13H21NO2/c1-4-15-6-5-7-16-13-9-10(2)12(14)8-11(13)3/h8-9H,4-7,14H2,1-3H3. The second-order valence-electron chi connectivity index (χ2n) is 3.87. The van der Waals surface area contributed by atoms with Gasteiger partial charge in [-0.05, 0) is 44.0 Å². The first-order valence-electron chi connectivity index (χ1n) is 5.72. The van der Waals surface area contributed by atoms with E-state index in [4.69, 9.17) is 15.2 Å². The van der Waals surface area contributed by atoms with Crippen LogP contribution in [0.3, 0.4) is 0 Å². The van der Waals surface area contributed by atoms with Crippen LogP contribution in [0.25, 0.3) is 0 Å². The van der Waals surface area contributed by atoms with E-state index in [9.17, 15) is 0 Å². The highest BCUT2D eigenvalue weighted by Crippen LogP contribution is 2.24. The van der Waals surface area contributed by atoms with Gasteiger partial charge in [0.15, 0.2) is 0 Å². The maximum atomic E-state index is 5.81. The third kappa shape index (κ3) is 3.74. The average molecular weight is 223 g/mol. The summed E-state index contributed by atoms with van der Waals surface area (Å²) in [6, 6.07) is 3.94. The van der Waals surface area contributed by atoms with Crippen LogP contribution in [-0.4, -0.2) is 19.8 Å². The molecule has 2 N–H and O–H groups in total. The Morgan fingerprint density at radius 3 is 2.56 bits per heavy atom. The van der Waals surface area contributed by atoms with Gasteiger partial charge in [0.1, 0.15) is 5.75 Å². The summed E-state index contributed by atoms with van der Waals surface area (Å²) in [6.07, 6.45) is 0.913. The number of rotatable bonds is 6. The lowest BCUT2D eigenvalue weighted by atomic mass is 10.1. The van der Waals surface area contributed by atoms with E-state index in [0.717, 1.165) is 42.2 Å². The zero-order chi connectivity index (χ0) is 12.0. The van der Waals surface area contributed by atoms with Gasteiger partial charge in [-0.25, -0.2) is 0 Å². The van der Waals surface area contributed by atoms with Gasteiger partial charge in [-0.2, -0.15) is 0 Å². The van der Waals surface area contributed by atoms with E-state index in [2.05, 4.69) is 0 Å². The Morgan fingerprint density at radius 1 is 1.12 bits per heavy atom. The number of nitrogens with two attached hydrogens (primary N) is 1. The molecule has 1 aromatic rings. The molecule has 3 heteroatoms. The van der Waals surface area contributed by atoms with Crippen molar-refractivity contribution in [2.24, 2.45) is 0 Å². The summed E-state index contributed by atoms with van der Waals surface area (Å²) in [6.45, 7) is 8.19. The SMILES string of the molecule is CCOCCCOc1cc(C)c(N)cc1C. The van der Waals surface area contributed by atoms with Crippen molar-refractivity contribution in [2.75, 3.05) is 25.6 Å². The molecule has 1 rings (SSSR count). The second-order valence-corrected chi connectivity index (χ2v) is 3.87. The fraction of sp³-hybridized carbons (Fsp3) is 0.538. The van der Waals surface area contributed by atoms with Crippen molar-refractivity contribution in [1.29, 1.82) is 0 Å². The quantitative estimate of drug-likeness (QED) is 0.595. The molecule has 0 unspecified atom stereocenters. The van der Waals surface area contributed by atoms with Gasteiger partial charge in [0, 0.05) is 25.3 Å². The van der Waals surface area contributed by atoms with Gasteiger partial charge in [-0.3, -0.25) is 0 Å². The summed E-state index contributed by atoms with van der Waals surface area (Å²) in [5.74, 6) is 0.920. The van der Waals surface area contributed by atoms with Crippen molar-refractivity contribution in [3.8, 4) is 5.75 Å². The van der Waals surface area contributed by atoms with Crippen LogP contribution >= 0.6 is 0 Å². The maximum absolute atomic E-state index is 5.81. The van der Waals surface area contributed by atoms with Crippen LogP contribution in [0, 0.1) is 13.8 Å². The number of aryl methyl sites for hydroxylation is 2. The van der Waals surface area contributed by atoms with E-state index < -0.39 is 0 Å². The first-order chi connectivity index (χ1) is 7.65. The van der Waals surface area contributed by atoms with Crippen molar-refractivity contribution >= 4 is 5.69 Å². The molecule has 0 fully saturated rings. The molecule has 0 atom stereocenters. The minimum absolute atomic E-state index is 0.685. The van der Waals surface area contributed by atoms with Crippen LogP contribution in [0.1, 0.15) is 24.5 Å². The molecule has 90 valence electrons. The van der Waals surface area contributed by atoms with Gasteiger partial charge >= 0.3 is 0 Å². The molecular formula is C13H21NO2. The predicted molar refractivity (Wildman–Crippen MR) is 66.9 cm³/mol. The van der Waals surface area contributed by atoms with E-state index in [-0.39, 0.29) is 0 Å². The van der Waals surface area contributed by atoms with Gasteiger partial charge in [-0.15, -0.1) is 0 Å². The number of benzene rings is 1. The number of hydrogen-bond donors (Lipinski definition) is 1. The van der Waals surface area contributed by atoms with E-state index in [1.165, 1.54) is 0 Å². The molecule has 0 radical (unpaired) electrons. The molecule has 0 bridgehead atoms. The highest BCUT2D eigenvalue weighted by atomic mass is 16.5. The fourth-order valence-electron chi connectivity index (χ4n) is 1.45. The Bertz CT molecular complexity index is 337. The number of hydrogen-bond acceptors (Lipinski definition) is 3. The van der Waals surface area contributed by atoms with Crippen LogP contribution in [0.2, 0.25) is 0 Å². The van der Waals surface area contributed by atoms with Crippen molar-refractivity contribution in [3.63, 3.8) is 0 Å². The van der Waals surface area contributed by atoms with E-state index in [0.29, 0.717) is 6.61 Å². The minimum atomic E-state index is 0.685. The van der Waals surface area contributed by atoms with Gasteiger partial charge in [0.05, 0.1) is 6.61 Å². The monoisotopic (exact) mass is 223 g/mol. The lowest BCUT2D eigenvalue weighted by Crippen LogP contribution is -2.04. The number of ether oxygens (including phenoxy) is 2. The Kier molecular flexibility index (Phi) is 5.12. The molecular weight excluding hydrogens is 202 g/mol. The van der Waals surface area contributed by atoms with Crippen LogP contribution in [-0.2, 0) is 4.74 Å². The number of nitrogen functional groups attached to an aromatic ring is 1. The predicted octanol–water partition coefficient (Wildman–Crippen LogP) is 2.69. The third-order valence-electron chi connectivity index (χ3n) is 2.46. The van der Waals surface area contributed by atoms with Crippen LogP contribution < -0.4 is 10.5 Å². The Balaban J connectivity index is 2.45. The molecule has 0 aromatic heterocycles. The lowest BCUT2D eigenvalue weighted by Gasteiger charge is -2.11. The van der Waals surface area contributed by atoms with Crippen LogP contribution in [0.5, 0.6) is 5.75 Å². The molecule has 0 aliphatic rings. The molecule has 0 spiro atoms. The van der Waals surface area contributed by atoms with Gasteiger partial charge in [-0.1, -0.05) is 0 Å². The zero-order valence-corrected chi connectivity index (χ0v) is 10.4. The van der Waals surface area contributed by atoms with E-state index in [1.807, 2.05) is 32.9 Å². The number of anilines is 1. The fourth-order valence-corrected chi connectivity index (χ4v) is 1.45. The summed E-state index contributed by atoms with van der Waals surface area (Å²) in [7, 11) is 0. The van der Waals surface area contributed by atoms with E-state index >= 15 is 0 Å². The van der Waals surface area contributed by atoms with Crippen molar-refractivity contribution < 1.29 is 9.47 Å². The molecule has 0 saturated carbocycles. The second kappa shape index (κ2) is 6.38. The largest absolute Gasteiger partial charge is 0.493 e. The molecule has 1 aromatic carbocycles. The maximum Gasteiger partial charge on any atom is 0.122 e. The summed E-state index contributed by atoms with van der Waals surface area (Å²) in [5, 5.41) is 0. The van der Waals surface area contributed by atoms with Gasteiger partial charge in [0.25, 0.3) is 0 Å². The Hall–Kier alpha value is -1.22. The minimum Gasteiger partial charge on any atom is -0.493 e. The molecule has 3 nitrogen and oxygen atoms in total. The first kappa shape index (κ1) is 12.8. The first-order valence-corrected chi connectivity index (χ1v) is 5.72. The van der Waals surface area contributed by atoms with E-state index in [1.54, 1.807) is 0 Å². The topological polar surface area (TPSA) is 44.5 Å². The molecule has 0 amide bonds. The molecule has 0 heterocycles. The smallest absolute Gasteiger partial charge is 0.122 e. The Labute approximate surface area is 97.6 Å². The Morgan fingerprint density at radius 2 is 1.88 bits per heavy atom. The normalized spacial score (nSPS) is 10.4. The van der Waals surface area contributed by atoms with Crippen molar-refractivity contribution in [3.05, 3.63) is 23.3 Å². The third-order valence-corrected chi connectivity index (χ3v) is 2.46. The van der Waals surface area contributed by atoms with Crippen molar-refractivity contribution in [2.45, 2.75) is 27.2 Å². The average Bonchev–Trinajstić information content (AvgIpc) is 2.25. The molecule has 0 aliphatic heterocycles. The van der Waals surface area contributed by atoms with Gasteiger partial charge < -0.3 is 15.2 Å². The summed E-state index contributed by atoms with van der Waals surface area (Å²) in [5.41, 5.74) is 8.77. The summed E-state index contributed by atoms with van der Waals surface area (Å²) in [4.78, 5) is 0. The summed E-state index contributed by atoms with van der Waals surface area (Å²) >= 11 is 0. The van der Waals surface area contributed by atoms with Crippen LogP contribution in [0.15, 0.2) is 12.1 Å². The van der Waals surface area contributed by atoms with Crippen molar-refractivity contribution in [1.82, 2.24) is 0 Å². The highest BCUT2D eigenvalue weighted by Gasteiger charge is 2.02. The zero-order valence-electron chi connectivity index (χ0n) is 10.4. The summed E-state index contributed by atoms with van der Waals surface area (Å²) < 4.78 is 10.9. The molecule has 0 aliphatic carbocycles. The molecule has 16 heavy (non-hydrogen) atoms. The molecule has 0 saturated heterocycles. The van der Waals surface area contributed by atoms with Gasteiger partial charge in [0.2, 0.25) is 0 Å². The highest BCUT2D eigenvalue weighted by molar-refractivity contribution is 5.53.